The first-order valence-corrected chi connectivity index (χ1v) is 14.7. The lowest BCUT2D eigenvalue weighted by atomic mass is 10.0. The van der Waals surface area contributed by atoms with Gasteiger partial charge in [0, 0.05) is 35.8 Å². The molecule has 1 aliphatic heterocycles. The summed E-state index contributed by atoms with van der Waals surface area (Å²) in [4.78, 5) is 29.0. The normalized spacial score (nSPS) is 13.5. The van der Waals surface area contributed by atoms with Gasteiger partial charge in [0.1, 0.15) is 5.00 Å². The Kier molecular flexibility index (Phi) is 7.51. The maximum absolute atomic E-state index is 13.2. The summed E-state index contributed by atoms with van der Waals surface area (Å²) in [6.45, 7) is 4.09. The molecule has 0 aliphatic carbocycles. The number of hydrogen-bond acceptors (Lipinski definition) is 6. The van der Waals surface area contributed by atoms with Crippen LogP contribution >= 0.6 is 11.3 Å². The summed E-state index contributed by atoms with van der Waals surface area (Å²) in [7, 11) is -3.82. The third-order valence-electron chi connectivity index (χ3n) is 6.57. The minimum absolute atomic E-state index is 0.125. The van der Waals surface area contributed by atoms with E-state index in [0.717, 1.165) is 29.1 Å². The quantitative estimate of drug-likeness (QED) is 0.287. The molecular weight excluding hydrogens is 532 g/mol. The van der Waals surface area contributed by atoms with E-state index in [9.17, 15) is 18.0 Å². The molecule has 2 heterocycles. The monoisotopic (exact) mass is 560 g/mol. The molecule has 2 amide bonds. The molecule has 3 aromatic carbocycles. The van der Waals surface area contributed by atoms with Crippen LogP contribution in [0, 0.1) is 6.92 Å². The molecule has 0 fully saturated rings. The number of nitrogens with zero attached hydrogens (tertiary/aromatic N) is 1. The van der Waals surface area contributed by atoms with Crippen LogP contribution < -0.4 is 15.8 Å². The number of amides is 2. The number of benzene rings is 3. The molecule has 1 aromatic heterocycles. The zero-order valence-electron chi connectivity index (χ0n) is 21.3. The lowest BCUT2D eigenvalue weighted by Gasteiger charge is -2.27. The van der Waals surface area contributed by atoms with Gasteiger partial charge in [0.15, 0.2) is 0 Å². The van der Waals surface area contributed by atoms with Crippen LogP contribution in [0.2, 0.25) is 0 Å². The third kappa shape index (κ3) is 6.03. The van der Waals surface area contributed by atoms with Gasteiger partial charge in [-0.2, -0.15) is 0 Å². The molecule has 0 spiro atoms. The highest BCUT2D eigenvalue weighted by Gasteiger charge is 2.28. The van der Waals surface area contributed by atoms with E-state index < -0.39 is 21.8 Å². The summed E-state index contributed by atoms with van der Waals surface area (Å²) >= 11 is 1.35. The maximum Gasteiger partial charge on any atom is 0.261 e. The molecule has 0 atom stereocenters. The molecule has 0 saturated carbocycles. The van der Waals surface area contributed by atoms with Gasteiger partial charge >= 0.3 is 0 Å². The van der Waals surface area contributed by atoms with Crippen molar-refractivity contribution in [3.63, 3.8) is 0 Å². The fourth-order valence-electron chi connectivity index (χ4n) is 4.61. The standard InChI is InChI=1S/C29H28N4O4S2/c1-19-10-12-23(13-11-19)39(36,37)32-22-9-5-8-21(16-22)28(35)31-29-26(27(30)34)24-14-15-33(18-25(24)38-29)17-20-6-3-2-4-7-20/h2-13,16,32H,14-15,17-18H2,1H3,(H2,30,34)(H,31,35). The van der Waals surface area contributed by atoms with Gasteiger partial charge in [-0.15, -0.1) is 11.3 Å². The number of nitrogens with one attached hydrogen (secondary N) is 2. The number of aryl methyl sites for hydroxylation is 1. The molecule has 4 aromatic rings. The van der Waals surface area contributed by atoms with E-state index in [0.29, 0.717) is 23.5 Å². The Bertz CT molecular complexity index is 1630. The molecule has 4 N–H and O–H groups in total. The van der Waals surface area contributed by atoms with Gasteiger partial charge in [-0.25, -0.2) is 8.42 Å². The third-order valence-corrected chi connectivity index (χ3v) is 9.10. The van der Waals surface area contributed by atoms with E-state index in [1.807, 2.05) is 25.1 Å². The molecule has 0 unspecified atom stereocenters. The molecule has 10 heteroatoms. The Balaban J connectivity index is 1.33. The molecule has 0 radical (unpaired) electrons. The molecule has 8 nitrogen and oxygen atoms in total. The van der Waals surface area contributed by atoms with Crippen molar-refractivity contribution < 1.29 is 18.0 Å². The first-order valence-electron chi connectivity index (χ1n) is 12.4. The zero-order chi connectivity index (χ0) is 27.6. The fourth-order valence-corrected chi connectivity index (χ4v) is 6.95. The fraction of sp³-hybridized carbons (Fsp3) is 0.172. The molecular formula is C29H28N4O4S2. The molecule has 39 heavy (non-hydrogen) atoms. The number of hydrogen-bond donors (Lipinski definition) is 3. The van der Waals surface area contributed by atoms with Crippen molar-refractivity contribution in [3.05, 3.63) is 112 Å². The van der Waals surface area contributed by atoms with Crippen molar-refractivity contribution in [2.75, 3.05) is 16.6 Å². The highest BCUT2D eigenvalue weighted by molar-refractivity contribution is 7.92. The van der Waals surface area contributed by atoms with E-state index in [1.165, 1.54) is 35.1 Å². The van der Waals surface area contributed by atoms with Gasteiger partial charge in [0.25, 0.3) is 21.8 Å². The van der Waals surface area contributed by atoms with Crippen LogP contribution in [0.25, 0.3) is 0 Å². The van der Waals surface area contributed by atoms with Crippen molar-refractivity contribution in [2.24, 2.45) is 5.73 Å². The van der Waals surface area contributed by atoms with Crippen molar-refractivity contribution >= 4 is 43.9 Å². The lowest BCUT2D eigenvalue weighted by molar-refractivity contribution is 0.0999. The Labute approximate surface area is 231 Å². The SMILES string of the molecule is Cc1ccc(S(=O)(=O)Nc2cccc(C(=O)Nc3sc4c(c3C(N)=O)CCN(Cc3ccccc3)C4)c2)cc1. The van der Waals surface area contributed by atoms with E-state index in [-0.39, 0.29) is 16.1 Å². The number of sulfonamides is 1. The topological polar surface area (TPSA) is 122 Å². The number of fused-ring (bicyclic) bond motifs is 1. The predicted octanol–water partition coefficient (Wildman–Crippen LogP) is 4.77. The van der Waals surface area contributed by atoms with Crippen LogP contribution in [0.15, 0.2) is 83.8 Å². The number of carbonyl (C=O) groups is 2. The Hall–Kier alpha value is -3.99. The second kappa shape index (κ2) is 11.0. The van der Waals surface area contributed by atoms with E-state index >= 15 is 0 Å². The molecule has 0 saturated heterocycles. The minimum atomic E-state index is -3.82. The summed E-state index contributed by atoms with van der Waals surface area (Å²) in [5.41, 5.74) is 9.61. The summed E-state index contributed by atoms with van der Waals surface area (Å²) < 4.78 is 28.1. The molecule has 200 valence electrons. The van der Waals surface area contributed by atoms with Crippen LogP contribution in [0.3, 0.4) is 0 Å². The highest BCUT2D eigenvalue weighted by atomic mass is 32.2. The summed E-state index contributed by atoms with van der Waals surface area (Å²) in [5.74, 6) is -1.05. The Morgan fingerprint density at radius 2 is 1.74 bits per heavy atom. The predicted molar refractivity (Wildman–Crippen MR) is 153 cm³/mol. The van der Waals surface area contributed by atoms with Crippen LogP contribution in [0.4, 0.5) is 10.7 Å². The highest BCUT2D eigenvalue weighted by Crippen LogP contribution is 2.37. The summed E-state index contributed by atoms with van der Waals surface area (Å²) in [5, 5.41) is 3.25. The lowest BCUT2D eigenvalue weighted by Crippen LogP contribution is -2.30. The molecule has 1 aliphatic rings. The summed E-state index contributed by atoms with van der Waals surface area (Å²) in [6.07, 6.45) is 0.656. The van der Waals surface area contributed by atoms with Crippen molar-refractivity contribution in [1.29, 1.82) is 0 Å². The average molecular weight is 561 g/mol. The largest absolute Gasteiger partial charge is 0.365 e. The number of nitrogens with two attached hydrogens (primary N) is 1. The smallest absolute Gasteiger partial charge is 0.261 e. The van der Waals surface area contributed by atoms with Gasteiger partial charge in [0.2, 0.25) is 0 Å². The van der Waals surface area contributed by atoms with Gasteiger partial charge < -0.3 is 11.1 Å². The second-order valence-electron chi connectivity index (χ2n) is 9.47. The molecule has 5 rings (SSSR count). The van der Waals surface area contributed by atoms with Gasteiger partial charge in [0.05, 0.1) is 10.5 Å². The zero-order valence-corrected chi connectivity index (χ0v) is 22.9. The number of rotatable bonds is 8. The van der Waals surface area contributed by atoms with Crippen LogP contribution in [-0.2, 0) is 29.5 Å². The van der Waals surface area contributed by atoms with Crippen LogP contribution in [-0.4, -0.2) is 31.7 Å². The number of thiophene rings is 1. The van der Waals surface area contributed by atoms with E-state index in [4.69, 9.17) is 5.73 Å². The van der Waals surface area contributed by atoms with Gasteiger partial charge in [-0.3, -0.25) is 19.2 Å². The average Bonchev–Trinajstić information content (AvgIpc) is 3.26. The van der Waals surface area contributed by atoms with Gasteiger partial charge in [-0.1, -0.05) is 54.1 Å². The van der Waals surface area contributed by atoms with Crippen LogP contribution in [0.5, 0.6) is 0 Å². The van der Waals surface area contributed by atoms with Crippen LogP contribution in [0.1, 0.15) is 42.3 Å². The van der Waals surface area contributed by atoms with E-state index in [2.05, 4.69) is 27.1 Å². The maximum atomic E-state index is 13.2. The minimum Gasteiger partial charge on any atom is -0.365 e. The Morgan fingerprint density at radius 1 is 1.00 bits per heavy atom. The second-order valence-corrected chi connectivity index (χ2v) is 12.3. The van der Waals surface area contributed by atoms with E-state index in [1.54, 1.807) is 30.3 Å². The number of primary amides is 1. The van der Waals surface area contributed by atoms with Gasteiger partial charge in [-0.05, 0) is 54.8 Å². The van der Waals surface area contributed by atoms with Crippen molar-refractivity contribution in [1.82, 2.24) is 4.90 Å². The molecule has 0 bridgehead atoms. The first-order chi connectivity index (χ1) is 18.7. The number of carbonyl (C=O) groups excluding carboxylic acids is 2. The Morgan fingerprint density at radius 3 is 2.46 bits per heavy atom. The van der Waals surface area contributed by atoms with Crippen molar-refractivity contribution in [3.8, 4) is 0 Å². The first kappa shape index (κ1) is 26.6. The summed E-state index contributed by atoms with van der Waals surface area (Å²) in [6, 6.07) is 22.9. The van der Waals surface area contributed by atoms with Crippen molar-refractivity contribution in [2.45, 2.75) is 31.3 Å². The number of anilines is 2.